The maximum atomic E-state index is 13.3. The molecule has 3 heterocycles. The van der Waals surface area contributed by atoms with Gasteiger partial charge >= 0.3 is 0 Å². The van der Waals surface area contributed by atoms with E-state index in [1.807, 2.05) is 6.08 Å². The van der Waals surface area contributed by atoms with Crippen molar-refractivity contribution in [1.29, 1.82) is 0 Å². The zero-order valence-electron chi connectivity index (χ0n) is 52.1. The van der Waals surface area contributed by atoms with Crippen molar-refractivity contribution in [3.63, 3.8) is 0 Å². The van der Waals surface area contributed by atoms with E-state index in [1.54, 1.807) is 6.08 Å². The molecule has 3 aliphatic heterocycles. The Morgan fingerprint density at radius 1 is 0.424 bits per heavy atom. The maximum Gasteiger partial charge on any atom is 0.220 e. The van der Waals surface area contributed by atoms with Gasteiger partial charge in [0, 0.05) is 6.42 Å². The Kier molecular flexibility index (Phi) is 44.0. The normalized spacial score (nSPS) is 29.3. The third-order valence-corrected chi connectivity index (χ3v) is 16.6. The minimum absolute atomic E-state index is 0.218. The number of carbonyl (C=O) groups is 1. The fourth-order valence-electron chi connectivity index (χ4n) is 11.1. The number of hydrogen-bond acceptors (Lipinski definition) is 18. The molecule has 3 aliphatic rings. The van der Waals surface area contributed by atoms with Gasteiger partial charge in [-0.2, -0.15) is 0 Å². The van der Waals surface area contributed by atoms with Crippen molar-refractivity contribution in [3.8, 4) is 0 Å². The molecule has 0 radical (unpaired) electrons. The molecule has 3 rings (SSSR count). The van der Waals surface area contributed by atoms with Crippen molar-refractivity contribution in [3.05, 3.63) is 48.6 Å². The van der Waals surface area contributed by atoms with Gasteiger partial charge in [0.2, 0.25) is 5.91 Å². The van der Waals surface area contributed by atoms with Gasteiger partial charge in [-0.05, 0) is 57.8 Å². The molecule has 3 saturated heterocycles. The smallest absolute Gasteiger partial charge is 0.220 e. The summed E-state index contributed by atoms with van der Waals surface area (Å²) in [7, 11) is 0. The third-order valence-electron chi connectivity index (χ3n) is 16.6. The van der Waals surface area contributed by atoms with Crippen LogP contribution >= 0.6 is 0 Å². The summed E-state index contributed by atoms with van der Waals surface area (Å²) in [4.78, 5) is 13.3. The lowest BCUT2D eigenvalue weighted by Gasteiger charge is -2.48. The van der Waals surface area contributed by atoms with Crippen molar-refractivity contribution in [2.45, 2.75) is 336 Å². The molecular formula is C66H119NO18. The fraction of sp³-hybridized carbons (Fsp3) is 0.864. The minimum Gasteiger partial charge on any atom is -0.394 e. The number of amides is 1. The molecule has 0 aromatic carbocycles. The second-order valence-corrected chi connectivity index (χ2v) is 23.9. The molecule has 19 heteroatoms. The van der Waals surface area contributed by atoms with Gasteiger partial charge in [0.25, 0.3) is 0 Å². The van der Waals surface area contributed by atoms with Crippen LogP contribution in [0.2, 0.25) is 0 Å². The molecular weight excluding hydrogens is 1090 g/mol. The van der Waals surface area contributed by atoms with Crippen LogP contribution in [0.5, 0.6) is 0 Å². The Morgan fingerprint density at radius 3 is 1.29 bits per heavy atom. The summed E-state index contributed by atoms with van der Waals surface area (Å²) < 4.78 is 34.3. The van der Waals surface area contributed by atoms with Crippen LogP contribution in [-0.4, -0.2) is 193 Å². The lowest BCUT2D eigenvalue weighted by Crippen LogP contribution is -2.66. The number of aliphatic hydroxyl groups is 11. The molecule has 0 spiro atoms. The van der Waals surface area contributed by atoms with E-state index >= 15 is 0 Å². The highest BCUT2D eigenvalue weighted by molar-refractivity contribution is 5.76. The lowest BCUT2D eigenvalue weighted by molar-refractivity contribution is -0.379. The van der Waals surface area contributed by atoms with Crippen molar-refractivity contribution in [2.75, 3.05) is 26.4 Å². The largest absolute Gasteiger partial charge is 0.394 e. The van der Waals surface area contributed by atoms with Crippen molar-refractivity contribution >= 4 is 5.91 Å². The van der Waals surface area contributed by atoms with Crippen LogP contribution in [0.1, 0.15) is 232 Å². The molecule has 1 amide bonds. The molecule has 17 unspecified atom stereocenters. The molecule has 0 aromatic rings. The van der Waals surface area contributed by atoms with Gasteiger partial charge < -0.3 is 89.9 Å². The van der Waals surface area contributed by atoms with Crippen LogP contribution in [0.3, 0.4) is 0 Å². The van der Waals surface area contributed by atoms with Crippen molar-refractivity contribution < 1.29 is 89.4 Å². The summed E-state index contributed by atoms with van der Waals surface area (Å²) in [5.41, 5.74) is 0. The van der Waals surface area contributed by atoms with Crippen LogP contribution < -0.4 is 5.32 Å². The average molecular weight is 1210 g/mol. The highest BCUT2D eigenvalue weighted by atomic mass is 16.8. The first-order valence-electron chi connectivity index (χ1n) is 33.4. The first kappa shape index (κ1) is 77.0. The van der Waals surface area contributed by atoms with Crippen molar-refractivity contribution in [1.82, 2.24) is 5.32 Å². The van der Waals surface area contributed by atoms with E-state index in [2.05, 4.69) is 55.6 Å². The standard InChI is InChI=1S/C66H119NO18/c1-3-5-7-9-11-13-15-17-18-19-20-21-22-23-24-25-26-27-28-29-30-32-33-35-37-39-41-43-50(71)49(67-54(72)44-42-40-38-36-34-31-16-14-12-10-8-6-4-2)48-80-64-60(78)57(75)62(52(46-69)82-64)85-66-61(79)58(76)63(53(47-70)83-66)84-65-59(77)56(74)55(73)51(45-68)81-65/h8,10,14,16,33,35,41,43,49-53,55-66,68-71,73-79H,3-7,9,11-13,15,17-32,34,36-40,42,44-48H2,1-2H3,(H,67,72)/b10-8-,16-14-,35-33+,43-41+. The molecule has 0 aromatic heterocycles. The van der Waals surface area contributed by atoms with Gasteiger partial charge in [0.05, 0.1) is 38.6 Å². The number of hydrogen-bond donors (Lipinski definition) is 12. The van der Waals surface area contributed by atoms with Crippen LogP contribution in [0, 0.1) is 0 Å². The van der Waals surface area contributed by atoms with Gasteiger partial charge in [-0.3, -0.25) is 4.79 Å². The van der Waals surface area contributed by atoms with E-state index in [-0.39, 0.29) is 18.9 Å². The number of carbonyl (C=O) groups excluding carboxylic acids is 1. The molecule has 19 nitrogen and oxygen atoms in total. The summed E-state index contributed by atoms with van der Waals surface area (Å²) in [5.74, 6) is -0.301. The Bertz CT molecular complexity index is 1740. The maximum absolute atomic E-state index is 13.3. The first-order chi connectivity index (χ1) is 41.3. The number of rotatable bonds is 50. The van der Waals surface area contributed by atoms with Gasteiger partial charge in [-0.25, -0.2) is 0 Å². The quantitative estimate of drug-likeness (QED) is 0.0204. The number of nitrogens with one attached hydrogen (secondary N) is 1. The number of aliphatic hydroxyl groups excluding tert-OH is 11. The summed E-state index contributed by atoms with van der Waals surface area (Å²) in [6, 6.07) is -0.998. The average Bonchev–Trinajstić information content (AvgIpc) is 3.60. The van der Waals surface area contributed by atoms with E-state index in [1.165, 1.54) is 128 Å². The van der Waals surface area contributed by atoms with Crippen LogP contribution in [-0.2, 0) is 33.2 Å². The zero-order chi connectivity index (χ0) is 61.9. The first-order valence-corrected chi connectivity index (χ1v) is 33.4. The fourth-order valence-corrected chi connectivity index (χ4v) is 11.1. The number of ether oxygens (including phenoxy) is 6. The molecule has 17 atom stereocenters. The van der Waals surface area contributed by atoms with E-state index in [0.29, 0.717) is 12.8 Å². The van der Waals surface area contributed by atoms with Crippen LogP contribution in [0.15, 0.2) is 48.6 Å². The van der Waals surface area contributed by atoms with Crippen LogP contribution in [0.25, 0.3) is 0 Å². The van der Waals surface area contributed by atoms with Gasteiger partial charge in [0.1, 0.15) is 73.2 Å². The molecule has 0 aliphatic carbocycles. The molecule has 85 heavy (non-hydrogen) atoms. The number of allylic oxidation sites excluding steroid dienone is 7. The van der Waals surface area contributed by atoms with E-state index < -0.39 is 124 Å². The Morgan fingerprint density at radius 2 is 0.812 bits per heavy atom. The monoisotopic (exact) mass is 1210 g/mol. The Hall–Kier alpha value is -2.25. The summed E-state index contributed by atoms with van der Waals surface area (Å²) in [6.45, 7) is 1.63. The highest BCUT2D eigenvalue weighted by Crippen LogP contribution is 2.33. The zero-order valence-corrected chi connectivity index (χ0v) is 52.1. The van der Waals surface area contributed by atoms with Crippen molar-refractivity contribution in [2.24, 2.45) is 0 Å². The predicted octanol–water partition coefficient (Wildman–Crippen LogP) is 7.83. The predicted molar refractivity (Wildman–Crippen MR) is 328 cm³/mol. The highest BCUT2D eigenvalue weighted by Gasteiger charge is 2.53. The SMILES string of the molecule is CCC/C=C\C/C=C\CCCCCCCC(=O)NC(COC1OC(CO)C(OC2OC(CO)C(OC3OC(CO)C(O)C(O)C3O)C(O)C2O)C(O)C1O)C(O)/C=C/CC/C=C/CCCCCCCCCCCCCCCCCCCCCCC. The van der Waals surface area contributed by atoms with Gasteiger partial charge in [0.15, 0.2) is 18.9 Å². The summed E-state index contributed by atoms with van der Waals surface area (Å²) in [6.07, 6.45) is 29.7. The molecule has 12 N–H and O–H groups in total. The Balaban J connectivity index is 1.44. The molecule has 496 valence electrons. The lowest BCUT2D eigenvalue weighted by atomic mass is 9.96. The molecule has 0 bridgehead atoms. The van der Waals surface area contributed by atoms with E-state index in [0.717, 1.165) is 70.6 Å². The minimum atomic E-state index is -1.98. The second kappa shape index (κ2) is 48.6. The second-order valence-electron chi connectivity index (χ2n) is 23.9. The molecule has 3 fully saturated rings. The third kappa shape index (κ3) is 31.4. The van der Waals surface area contributed by atoms with E-state index in [9.17, 15) is 61.0 Å². The van der Waals surface area contributed by atoms with Crippen LogP contribution in [0.4, 0.5) is 0 Å². The Labute approximate surface area is 510 Å². The molecule has 0 saturated carbocycles. The van der Waals surface area contributed by atoms with Gasteiger partial charge in [-0.15, -0.1) is 0 Å². The van der Waals surface area contributed by atoms with Gasteiger partial charge in [-0.1, -0.05) is 217 Å². The topological polar surface area (TPSA) is 307 Å². The summed E-state index contributed by atoms with van der Waals surface area (Å²) >= 11 is 0. The number of unbranched alkanes of at least 4 members (excludes halogenated alkanes) is 28. The van der Waals surface area contributed by atoms with E-state index in [4.69, 9.17) is 28.4 Å². The summed E-state index contributed by atoms with van der Waals surface area (Å²) in [5, 5.41) is 120.